The summed E-state index contributed by atoms with van der Waals surface area (Å²) in [6.45, 7) is 5.07. The number of hydrogen-bond acceptors (Lipinski definition) is 7. The molecule has 2 aromatic rings. The number of rotatable bonds is 7. The maximum atomic E-state index is 12.8. The normalized spacial score (nSPS) is 15.3. The van der Waals surface area contributed by atoms with E-state index in [0.717, 1.165) is 5.56 Å². The minimum Gasteiger partial charge on any atom is -0.483 e. The molecule has 3 N–H and O–H groups in total. The van der Waals surface area contributed by atoms with Crippen molar-refractivity contribution in [2.75, 3.05) is 18.5 Å². The van der Waals surface area contributed by atoms with Gasteiger partial charge in [0.1, 0.15) is 23.2 Å². The fourth-order valence-corrected chi connectivity index (χ4v) is 3.90. The van der Waals surface area contributed by atoms with E-state index in [-0.39, 0.29) is 41.9 Å². The van der Waals surface area contributed by atoms with E-state index >= 15 is 0 Å². The summed E-state index contributed by atoms with van der Waals surface area (Å²) in [7, 11) is 0. The van der Waals surface area contributed by atoms with E-state index in [1.165, 1.54) is 0 Å². The van der Waals surface area contributed by atoms with Gasteiger partial charge < -0.3 is 25.3 Å². The lowest BCUT2D eigenvalue weighted by molar-refractivity contribution is -0.139. The third kappa shape index (κ3) is 5.58. The Morgan fingerprint density at radius 2 is 1.91 bits per heavy atom. The van der Waals surface area contributed by atoms with Crippen LogP contribution in [0.4, 0.5) is 5.69 Å². The second-order valence-electron chi connectivity index (χ2n) is 7.50. The Bertz CT molecular complexity index is 1210. The number of aryl methyl sites for hydroxylation is 1. The summed E-state index contributed by atoms with van der Waals surface area (Å²) >= 11 is 3.42. The fraction of sp³-hybridized carbons (Fsp3) is 0.240. The van der Waals surface area contributed by atoms with Gasteiger partial charge in [-0.2, -0.15) is 5.26 Å². The molecule has 1 aliphatic heterocycles. The van der Waals surface area contributed by atoms with Crippen molar-refractivity contribution < 1.29 is 23.8 Å². The second kappa shape index (κ2) is 10.9. The quantitative estimate of drug-likeness (QED) is 0.512. The van der Waals surface area contributed by atoms with E-state index in [2.05, 4.69) is 21.2 Å². The van der Waals surface area contributed by atoms with Gasteiger partial charge in [0.15, 0.2) is 6.61 Å². The average Bonchev–Trinajstić information content (AvgIpc) is 2.79. The van der Waals surface area contributed by atoms with Gasteiger partial charge in [0.2, 0.25) is 5.88 Å². The lowest BCUT2D eigenvalue weighted by Crippen LogP contribution is -2.26. The number of carbonyl (C=O) groups is 2. The zero-order chi connectivity index (χ0) is 24.8. The molecule has 0 aliphatic carbocycles. The number of amides is 1. The van der Waals surface area contributed by atoms with Crippen molar-refractivity contribution in [3.63, 3.8) is 0 Å². The molecule has 8 nitrogen and oxygen atoms in total. The van der Waals surface area contributed by atoms with Gasteiger partial charge in [-0.05, 0) is 51.1 Å². The van der Waals surface area contributed by atoms with E-state index in [4.69, 9.17) is 19.9 Å². The highest BCUT2D eigenvalue weighted by Gasteiger charge is 2.38. The van der Waals surface area contributed by atoms with Crippen molar-refractivity contribution >= 4 is 33.5 Å². The Balaban J connectivity index is 1.94. The lowest BCUT2D eigenvalue weighted by Gasteiger charge is -2.28. The highest BCUT2D eigenvalue weighted by molar-refractivity contribution is 9.10. The van der Waals surface area contributed by atoms with Crippen molar-refractivity contribution in [2.45, 2.75) is 26.7 Å². The zero-order valence-electron chi connectivity index (χ0n) is 19.0. The van der Waals surface area contributed by atoms with Crippen LogP contribution < -0.4 is 15.8 Å². The number of benzene rings is 2. The Morgan fingerprint density at radius 3 is 2.56 bits per heavy atom. The van der Waals surface area contributed by atoms with E-state index in [1.54, 1.807) is 44.2 Å². The van der Waals surface area contributed by atoms with E-state index < -0.39 is 11.9 Å². The monoisotopic (exact) mass is 525 g/mol. The number of allylic oxidation sites excluding steroid dienone is 2. The number of hydrogen-bond donors (Lipinski definition) is 2. The molecule has 2 aromatic carbocycles. The van der Waals surface area contributed by atoms with Crippen LogP contribution >= 0.6 is 15.9 Å². The molecule has 0 aromatic heterocycles. The number of halogens is 1. The molecule has 1 unspecified atom stereocenters. The maximum Gasteiger partial charge on any atom is 0.338 e. The largest absolute Gasteiger partial charge is 0.483 e. The molecule has 0 saturated carbocycles. The van der Waals surface area contributed by atoms with Crippen LogP contribution in [0.25, 0.3) is 0 Å². The SMILES string of the molecule is CCOC(=O)C1=C(C)OC(N)=C(C#N)C1c1cc(Br)ccc1OCC(=O)Nc1ccc(C)cc1. The van der Waals surface area contributed by atoms with Gasteiger partial charge in [0.05, 0.1) is 18.1 Å². The molecule has 1 aliphatic rings. The predicted octanol–water partition coefficient (Wildman–Crippen LogP) is 4.42. The molecule has 0 spiro atoms. The van der Waals surface area contributed by atoms with Gasteiger partial charge >= 0.3 is 5.97 Å². The summed E-state index contributed by atoms with van der Waals surface area (Å²) in [4.78, 5) is 25.3. The number of anilines is 1. The molecule has 34 heavy (non-hydrogen) atoms. The number of nitrogens with one attached hydrogen (secondary N) is 1. The molecule has 1 atom stereocenters. The summed E-state index contributed by atoms with van der Waals surface area (Å²) in [6.07, 6.45) is 0. The third-order valence-electron chi connectivity index (χ3n) is 5.08. The highest BCUT2D eigenvalue weighted by atomic mass is 79.9. The molecule has 0 radical (unpaired) electrons. The fourth-order valence-electron chi connectivity index (χ4n) is 3.52. The van der Waals surface area contributed by atoms with Crippen LogP contribution in [0.15, 0.2) is 69.7 Å². The Kier molecular flexibility index (Phi) is 7.97. The molecule has 9 heteroatoms. The molecule has 0 fully saturated rings. The Morgan fingerprint density at radius 1 is 1.21 bits per heavy atom. The molecule has 3 rings (SSSR count). The van der Waals surface area contributed by atoms with Crippen molar-refractivity contribution in [1.82, 2.24) is 0 Å². The van der Waals surface area contributed by atoms with Crippen LogP contribution in [-0.4, -0.2) is 25.1 Å². The Labute approximate surface area is 206 Å². The van der Waals surface area contributed by atoms with Gasteiger partial charge in [-0.1, -0.05) is 33.6 Å². The van der Waals surface area contributed by atoms with Crippen molar-refractivity contribution in [3.05, 3.63) is 80.9 Å². The van der Waals surface area contributed by atoms with Crippen molar-refractivity contribution in [2.24, 2.45) is 5.73 Å². The van der Waals surface area contributed by atoms with E-state index in [9.17, 15) is 14.9 Å². The van der Waals surface area contributed by atoms with Crippen LogP contribution in [0, 0.1) is 18.3 Å². The van der Waals surface area contributed by atoms with Gasteiger partial charge in [-0.3, -0.25) is 4.79 Å². The number of esters is 1. The van der Waals surface area contributed by atoms with Crippen LogP contribution in [0.3, 0.4) is 0 Å². The molecular formula is C25H24BrN3O5. The number of carbonyl (C=O) groups excluding carboxylic acids is 2. The zero-order valence-corrected chi connectivity index (χ0v) is 20.6. The van der Waals surface area contributed by atoms with Crippen LogP contribution in [-0.2, 0) is 19.1 Å². The van der Waals surface area contributed by atoms with Gasteiger partial charge in [-0.25, -0.2) is 4.79 Å². The smallest absolute Gasteiger partial charge is 0.338 e. The molecule has 1 amide bonds. The lowest BCUT2D eigenvalue weighted by atomic mass is 9.82. The summed E-state index contributed by atoms with van der Waals surface area (Å²) in [6, 6.07) is 14.5. The molecule has 1 heterocycles. The van der Waals surface area contributed by atoms with Gasteiger partial charge in [-0.15, -0.1) is 0 Å². The third-order valence-corrected chi connectivity index (χ3v) is 5.57. The Hall–Kier alpha value is -3.77. The minimum atomic E-state index is -0.898. The van der Waals surface area contributed by atoms with Crippen molar-refractivity contribution in [3.8, 4) is 11.8 Å². The number of nitrogens with zero attached hydrogens (tertiary/aromatic N) is 1. The van der Waals surface area contributed by atoms with Crippen LogP contribution in [0.5, 0.6) is 5.75 Å². The van der Waals surface area contributed by atoms with Crippen LogP contribution in [0.1, 0.15) is 30.9 Å². The number of nitrogens with two attached hydrogens (primary N) is 1. The van der Waals surface area contributed by atoms with Crippen LogP contribution in [0.2, 0.25) is 0 Å². The first kappa shape index (κ1) is 24.9. The maximum absolute atomic E-state index is 12.8. The first-order chi connectivity index (χ1) is 16.2. The summed E-state index contributed by atoms with van der Waals surface area (Å²) in [5.74, 6) is -1.47. The van der Waals surface area contributed by atoms with Gasteiger partial charge in [0.25, 0.3) is 5.91 Å². The summed E-state index contributed by atoms with van der Waals surface area (Å²) in [5, 5.41) is 12.6. The average molecular weight is 526 g/mol. The molecular weight excluding hydrogens is 502 g/mol. The molecule has 0 saturated heterocycles. The highest BCUT2D eigenvalue weighted by Crippen LogP contribution is 2.43. The minimum absolute atomic E-state index is 0.0423. The first-order valence-corrected chi connectivity index (χ1v) is 11.3. The predicted molar refractivity (Wildman–Crippen MR) is 129 cm³/mol. The molecule has 176 valence electrons. The number of ether oxygens (including phenoxy) is 3. The second-order valence-corrected chi connectivity index (χ2v) is 8.42. The molecule has 0 bridgehead atoms. The van der Waals surface area contributed by atoms with E-state index in [1.807, 2.05) is 25.1 Å². The number of nitriles is 1. The summed E-state index contributed by atoms with van der Waals surface area (Å²) < 4.78 is 17.2. The van der Waals surface area contributed by atoms with Crippen molar-refractivity contribution in [1.29, 1.82) is 5.26 Å². The van der Waals surface area contributed by atoms with E-state index in [0.29, 0.717) is 21.5 Å². The van der Waals surface area contributed by atoms with Gasteiger partial charge in [0, 0.05) is 15.7 Å². The summed E-state index contributed by atoms with van der Waals surface area (Å²) in [5.41, 5.74) is 8.34. The first-order valence-electron chi connectivity index (χ1n) is 10.5. The standard InChI is InChI=1S/C25H24BrN3O5/c1-4-32-25(31)22-15(3)34-24(28)19(12-27)23(22)18-11-16(26)7-10-20(18)33-13-21(30)29-17-8-5-14(2)6-9-17/h5-11,23H,4,13,28H2,1-3H3,(H,29,30). The topological polar surface area (TPSA) is 124 Å².